The SMILES string of the molecule is CCOc1c(/C=C2\SC(=O)N(Cc3ccccc3F)C2=O)cccc1OC. The van der Waals surface area contributed by atoms with E-state index in [0.29, 0.717) is 23.7 Å². The minimum Gasteiger partial charge on any atom is -0.493 e. The third-order valence-electron chi connectivity index (χ3n) is 3.96. The zero-order valence-corrected chi connectivity index (χ0v) is 15.7. The van der Waals surface area contributed by atoms with Gasteiger partial charge in [0.1, 0.15) is 5.82 Å². The second kappa shape index (κ2) is 8.26. The average Bonchev–Trinajstić information content (AvgIpc) is 2.92. The van der Waals surface area contributed by atoms with Crippen LogP contribution in [0.1, 0.15) is 18.1 Å². The van der Waals surface area contributed by atoms with Crippen LogP contribution in [0.15, 0.2) is 47.4 Å². The number of rotatable bonds is 6. The monoisotopic (exact) mass is 387 g/mol. The third kappa shape index (κ3) is 3.98. The van der Waals surface area contributed by atoms with E-state index in [1.54, 1.807) is 42.5 Å². The van der Waals surface area contributed by atoms with Crippen molar-refractivity contribution in [3.05, 3.63) is 64.3 Å². The van der Waals surface area contributed by atoms with Gasteiger partial charge in [-0.2, -0.15) is 0 Å². The topological polar surface area (TPSA) is 55.8 Å². The Hall–Kier alpha value is -2.80. The van der Waals surface area contributed by atoms with Gasteiger partial charge in [0.15, 0.2) is 11.5 Å². The second-order valence-corrected chi connectivity index (χ2v) is 6.66. The molecule has 2 amide bonds. The number of halogens is 1. The van der Waals surface area contributed by atoms with Crippen molar-refractivity contribution in [1.82, 2.24) is 4.90 Å². The zero-order chi connectivity index (χ0) is 19.4. The van der Waals surface area contributed by atoms with Crippen LogP contribution in [0.2, 0.25) is 0 Å². The van der Waals surface area contributed by atoms with E-state index >= 15 is 0 Å². The molecular weight excluding hydrogens is 369 g/mol. The van der Waals surface area contributed by atoms with Crippen molar-refractivity contribution in [3.63, 3.8) is 0 Å². The maximum absolute atomic E-state index is 13.9. The molecule has 27 heavy (non-hydrogen) atoms. The van der Waals surface area contributed by atoms with Gasteiger partial charge in [-0.05, 0) is 36.9 Å². The first kappa shape index (κ1) is 19.0. The van der Waals surface area contributed by atoms with Gasteiger partial charge in [0.2, 0.25) is 0 Å². The number of benzene rings is 2. The van der Waals surface area contributed by atoms with Crippen LogP contribution in [-0.2, 0) is 11.3 Å². The molecule has 1 heterocycles. The Morgan fingerprint density at radius 2 is 1.93 bits per heavy atom. The van der Waals surface area contributed by atoms with Crippen molar-refractivity contribution in [1.29, 1.82) is 0 Å². The van der Waals surface area contributed by atoms with Gasteiger partial charge in [-0.1, -0.05) is 30.3 Å². The molecule has 0 atom stereocenters. The van der Waals surface area contributed by atoms with E-state index in [4.69, 9.17) is 9.47 Å². The second-order valence-electron chi connectivity index (χ2n) is 5.67. The molecule has 7 heteroatoms. The van der Waals surface area contributed by atoms with Crippen molar-refractivity contribution < 1.29 is 23.5 Å². The molecule has 1 aliphatic heterocycles. The predicted octanol–water partition coefficient (Wildman–Crippen LogP) is 4.47. The summed E-state index contributed by atoms with van der Waals surface area (Å²) >= 11 is 0.822. The van der Waals surface area contributed by atoms with Crippen molar-refractivity contribution >= 4 is 29.0 Å². The fraction of sp³-hybridized carbons (Fsp3) is 0.200. The molecule has 1 aliphatic rings. The normalized spacial score (nSPS) is 15.5. The first-order valence-corrected chi connectivity index (χ1v) is 9.15. The Kier molecular flexibility index (Phi) is 5.81. The lowest BCUT2D eigenvalue weighted by Crippen LogP contribution is -2.27. The maximum atomic E-state index is 13.9. The Labute approximate surface area is 160 Å². The number of para-hydroxylation sites is 1. The van der Waals surface area contributed by atoms with E-state index in [1.165, 1.54) is 13.2 Å². The Balaban J connectivity index is 1.90. The quantitative estimate of drug-likeness (QED) is 0.685. The molecule has 2 aromatic carbocycles. The van der Waals surface area contributed by atoms with E-state index < -0.39 is 17.0 Å². The van der Waals surface area contributed by atoms with Gasteiger partial charge in [0.05, 0.1) is 25.2 Å². The van der Waals surface area contributed by atoms with Crippen LogP contribution < -0.4 is 9.47 Å². The van der Waals surface area contributed by atoms with Crippen LogP contribution >= 0.6 is 11.8 Å². The molecule has 0 unspecified atom stereocenters. The first-order chi connectivity index (χ1) is 13.0. The summed E-state index contributed by atoms with van der Waals surface area (Å²) in [5, 5.41) is -0.435. The van der Waals surface area contributed by atoms with E-state index in [9.17, 15) is 14.0 Å². The standard InChI is InChI=1S/C20H18FNO4S/c1-3-26-18-13(8-6-10-16(18)25-2)11-17-19(23)22(20(24)27-17)12-14-7-4-5-9-15(14)21/h4-11H,3,12H2,1-2H3/b17-11-. The number of nitrogens with zero attached hydrogens (tertiary/aromatic N) is 1. The average molecular weight is 387 g/mol. The fourth-order valence-electron chi connectivity index (χ4n) is 2.68. The van der Waals surface area contributed by atoms with Gasteiger partial charge in [-0.15, -0.1) is 0 Å². The predicted molar refractivity (Wildman–Crippen MR) is 102 cm³/mol. The van der Waals surface area contributed by atoms with Crippen molar-refractivity contribution in [2.45, 2.75) is 13.5 Å². The summed E-state index contributed by atoms with van der Waals surface area (Å²) in [7, 11) is 1.53. The molecular formula is C20H18FNO4S. The number of carbonyl (C=O) groups is 2. The molecule has 1 saturated heterocycles. The Bertz CT molecular complexity index is 913. The highest BCUT2D eigenvalue weighted by atomic mass is 32.2. The summed E-state index contributed by atoms with van der Waals surface area (Å²) in [4.78, 5) is 26.3. The summed E-state index contributed by atoms with van der Waals surface area (Å²) in [5.74, 6) is 0.130. The maximum Gasteiger partial charge on any atom is 0.293 e. The van der Waals surface area contributed by atoms with E-state index in [2.05, 4.69) is 0 Å². The molecule has 0 aromatic heterocycles. The minimum absolute atomic E-state index is 0.106. The number of ether oxygens (including phenoxy) is 2. The molecule has 0 aliphatic carbocycles. The molecule has 5 nitrogen and oxygen atoms in total. The van der Waals surface area contributed by atoms with Crippen molar-refractivity contribution in [3.8, 4) is 11.5 Å². The molecule has 3 rings (SSSR count). The highest BCUT2D eigenvalue weighted by Gasteiger charge is 2.35. The van der Waals surface area contributed by atoms with Crippen molar-refractivity contribution in [2.75, 3.05) is 13.7 Å². The first-order valence-electron chi connectivity index (χ1n) is 8.33. The largest absolute Gasteiger partial charge is 0.493 e. The number of amides is 2. The number of methoxy groups -OCH3 is 1. The zero-order valence-electron chi connectivity index (χ0n) is 14.9. The molecule has 0 saturated carbocycles. The molecule has 0 bridgehead atoms. The van der Waals surface area contributed by atoms with Crippen LogP contribution in [0.5, 0.6) is 11.5 Å². The Morgan fingerprint density at radius 1 is 1.15 bits per heavy atom. The summed E-state index contributed by atoms with van der Waals surface area (Å²) < 4.78 is 24.8. The van der Waals surface area contributed by atoms with Gasteiger partial charge < -0.3 is 9.47 Å². The summed E-state index contributed by atoms with van der Waals surface area (Å²) in [6, 6.07) is 11.4. The van der Waals surface area contributed by atoms with Crippen LogP contribution in [0.4, 0.5) is 9.18 Å². The van der Waals surface area contributed by atoms with E-state index in [1.807, 2.05) is 6.92 Å². The van der Waals surface area contributed by atoms with E-state index in [0.717, 1.165) is 16.7 Å². The molecule has 0 radical (unpaired) electrons. The number of hydrogen-bond acceptors (Lipinski definition) is 5. The lowest BCUT2D eigenvalue weighted by atomic mass is 10.1. The van der Waals surface area contributed by atoms with Gasteiger partial charge in [0.25, 0.3) is 11.1 Å². The van der Waals surface area contributed by atoms with Crippen LogP contribution in [0.25, 0.3) is 6.08 Å². The summed E-state index contributed by atoms with van der Waals surface area (Å²) in [6.07, 6.45) is 1.60. The molecule has 1 fully saturated rings. The smallest absolute Gasteiger partial charge is 0.293 e. The molecule has 0 N–H and O–H groups in total. The molecule has 0 spiro atoms. The Morgan fingerprint density at radius 3 is 2.63 bits per heavy atom. The molecule has 2 aromatic rings. The number of hydrogen-bond donors (Lipinski definition) is 0. The number of carbonyl (C=O) groups excluding carboxylic acids is 2. The lowest BCUT2D eigenvalue weighted by molar-refractivity contribution is -0.123. The van der Waals surface area contributed by atoms with Crippen LogP contribution in [0, 0.1) is 5.82 Å². The molecule has 140 valence electrons. The van der Waals surface area contributed by atoms with Gasteiger partial charge in [-0.25, -0.2) is 4.39 Å². The minimum atomic E-state index is -0.460. The lowest BCUT2D eigenvalue weighted by Gasteiger charge is -2.13. The van der Waals surface area contributed by atoms with Crippen LogP contribution in [-0.4, -0.2) is 29.8 Å². The van der Waals surface area contributed by atoms with E-state index in [-0.39, 0.29) is 17.0 Å². The van der Waals surface area contributed by atoms with Gasteiger partial charge >= 0.3 is 0 Å². The number of thioether (sulfide) groups is 1. The van der Waals surface area contributed by atoms with Gasteiger partial charge in [0, 0.05) is 11.1 Å². The fourth-order valence-corrected chi connectivity index (χ4v) is 3.51. The summed E-state index contributed by atoms with van der Waals surface area (Å²) in [6.45, 7) is 2.17. The number of imide groups is 1. The van der Waals surface area contributed by atoms with Crippen LogP contribution in [0.3, 0.4) is 0 Å². The third-order valence-corrected chi connectivity index (χ3v) is 4.87. The highest BCUT2D eigenvalue weighted by molar-refractivity contribution is 8.18. The van der Waals surface area contributed by atoms with Gasteiger partial charge in [-0.3, -0.25) is 14.5 Å². The highest BCUT2D eigenvalue weighted by Crippen LogP contribution is 2.37. The van der Waals surface area contributed by atoms with Crippen molar-refractivity contribution in [2.24, 2.45) is 0 Å². The summed E-state index contributed by atoms with van der Waals surface area (Å²) in [5.41, 5.74) is 0.921.